The number of aliphatic hydroxyl groups is 7. The van der Waals surface area contributed by atoms with Gasteiger partial charge in [0.1, 0.15) is 49.0 Å². The van der Waals surface area contributed by atoms with E-state index in [-0.39, 0.29) is 5.82 Å². The zero-order chi connectivity index (χ0) is 31.6. The van der Waals surface area contributed by atoms with Gasteiger partial charge in [-0.3, -0.25) is 13.9 Å². The van der Waals surface area contributed by atoms with Gasteiger partial charge in [0.05, 0.1) is 25.4 Å². The highest BCUT2D eigenvalue weighted by molar-refractivity contribution is 7.47. The number of hydrogen-bond acceptors (Lipinski definition) is 17. The number of nitrogens with two attached hydrogens (primary N) is 1. The van der Waals surface area contributed by atoms with Crippen LogP contribution in [-0.4, -0.2) is 142 Å². The molecular formula is C20H31N4O17P. The van der Waals surface area contributed by atoms with Gasteiger partial charge in [0, 0.05) is 12.6 Å². The van der Waals surface area contributed by atoms with E-state index in [2.05, 4.69) is 4.98 Å². The Morgan fingerprint density at radius 3 is 2.50 bits per heavy atom. The molecule has 0 bridgehead atoms. The number of carboxylic acid groups (broad SMARTS) is 1. The number of nitrogen functional groups attached to an aromatic ring is 1. The number of anilines is 1. The second-order valence-electron chi connectivity index (χ2n) is 9.35. The molecule has 1 aromatic rings. The molecule has 0 aromatic carbocycles. The molecule has 1 amide bonds. The number of ether oxygens (including phenoxy) is 2. The molecule has 3 heterocycles. The van der Waals surface area contributed by atoms with Crippen molar-refractivity contribution in [3.05, 3.63) is 22.7 Å². The van der Waals surface area contributed by atoms with E-state index in [1.807, 2.05) is 5.32 Å². The first kappa shape index (κ1) is 33.9. The number of aliphatic carboxylic acids is 1. The lowest BCUT2D eigenvalue weighted by Gasteiger charge is -2.46. The highest BCUT2D eigenvalue weighted by Crippen LogP contribution is 2.51. The molecule has 22 heteroatoms. The Labute approximate surface area is 234 Å². The van der Waals surface area contributed by atoms with Crippen LogP contribution in [0.3, 0.4) is 0 Å². The van der Waals surface area contributed by atoms with Crippen molar-refractivity contribution in [1.82, 2.24) is 14.9 Å². The number of carbonyl (C=O) groups excluding carboxylic acids is 1. The summed E-state index contributed by atoms with van der Waals surface area (Å²) in [5.74, 6) is -6.67. The number of phosphoric ester groups is 1. The molecule has 2 fully saturated rings. The van der Waals surface area contributed by atoms with Gasteiger partial charge in [-0.2, -0.15) is 4.98 Å². The molecule has 0 aliphatic carbocycles. The average molecular weight is 630 g/mol. The van der Waals surface area contributed by atoms with Crippen LogP contribution in [0.25, 0.3) is 0 Å². The number of phosphoric acid groups is 1. The van der Waals surface area contributed by atoms with Crippen molar-refractivity contribution in [2.75, 3.05) is 25.6 Å². The van der Waals surface area contributed by atoms with Crippen molar-refractivity contribution in [2.45, 2.75) is 67.2 Å². The van der Waals surface area contributed by atoms with Crippen LogP contribution < -0.4 is 16.7 Å². The van der Waals surface area contributed by atoms with E-state index >= 15 is 0 Å². The Hall–Kier alpha value is -2.63. The van der Waals surface area contributed by atoms with E-state index < -0.39 is 112 Å². The summed E-state index contributed by atoms with van der Waals surface area (Å²) in [7, 11) is -5.56. The lowest BCUT2D eigenvalue weighted by Crippen LogP contribution is -2.68. The molecule has 238 valence electrons. The van der Waals surface area contributed by atoms with Crippen LogP contribution in [0.2, 0.25) is 0 Å². The number of carbonyl (C=O) groups is 2. The van der Waals surface area contributed by atoms with Crippen LogP contribution >= 0.6 is 7.82 Å². The van der Waals surface area contributed by atoms with Gasteiger partial charge in [0.25, 0.3) is 5.79 Å². The first-order chi connectivity index (χ1) is 19.6. The number of aliphatic hydroxyl groups excluding tert-OH is 7. The second-order valence-corrected chi connectivity index (χ2v) is 10.7. The zero-order valence-corrected chi connectivity index (χ0v) is 22.3. The molecule has 3 rings (SSSR count). The lowest BCUT2D eigenvalue weighted by molar-refractivity contribution is -0.289. The maximum absolute atomic E-state index is 12.8. The number of nitrogens with one attached hydrogen (secondary N) is 1. The second kappa shape index (κ2) is 13.3. The Morgan fingerprint density at radius 2 is 1.93 bits per heavy atom. The third-order valence-electron chi connectivity index (χ3n) is 6.42. The molecule has 0 radical (unpaired) electrons. The average Bonchev–Trinajstić information content (AvgIpc) is 3.20. The maximum atomic E-state index is 12.8. The first-order valence-corrected chi connectivity index (χ1v) is 13.6. The van der Waals surface area contributed by atoms with Gasteiger partial charge in [-0.05, 0) is 6.07 Å². The molecular weight excluding hydrogens is 599 g/mol. The number of aromatic nitrogens is 2. The van der Waals surface area contributed by atoms with E-state index in [4.69, 9.17) is 29.4 Å². The molecule has 0 saturated carbocycles. The molecule has 0 spiro atoms. The summed E-state index contributed by atoms with van der Waals surface area (Å²) in [6.07, 6.45) is -15.2. The molecule has 2 aliphatic heterocycles. The third kappa shape index (κ3) is 7.29. The fraction of sp³-hybridized carbons (Fsp3) is 0.700. The van der Waals surface area contributed by atoms with Crippen LogP contribution in [-0.2, 0) is 32.7 Å². The normalized spacial score (nSPS) is 34.3. The van der Waals surface area contributed by atoms with Crippen molar-refractivity contribution < 1.29 is 78.4 Å². The zero-order valence-electron chi connectivity index (χ0n) is 21.4. The van der Waals surface area contributed by atoms with E-state index in [9.17, 15) is 59.6 Å². The van der Waals surface area contributed by atoms with Crippen molar-refractivity contribution in [3.8, 4) is 0 Å². The van der Waals surface area contributed by atoms with Gasteiger partial charge in [0.2, 0.25) is 5.91 Å². The largest absolute Gasteiger partial charge is 0.477 e. The Bertz CT molecular complexity index is 1240. The number of hydrogen-bond donors (Lipinski definition) is 11. The Morgan fingerprint density at radius 1 is 1.26 bits per heavy atom. The van der Waals surface area contributed by atoms with Gasteiger partial charge in [-0.25, -0.2) is 18.7 Å². The van der Waals surface area contributed by atoms with Crippen molar-refractivity contribution in [3.63, 3.8) is 0 Å². The summed E-state index contributed by atoms with van der Waals surface area (Å²) >= 11 is 0. The Kier molecular flexibility index (Phi) is 10.8. The molecule has 11 atom stereocenters. The van der Waals surface area contributed by atoms with Crippen molar-refractivity contribution in [1.29, 1.82) is 0 Å². The minimum Gasteiger partial charge on any atom is -0.477 e. The van der Waals surface area contributed by atoms with Crippen LogP contribution in [0.1, 0.15) is 12.6 Å². The minimum atomic E-state index is -5.56. The van der Waals surface area contributed by atoms with Crippen LogP contribution in [0.15, 0.2) is 17.1 Å². The topological polar surface area (TPSA) is 343 Å². The van der Waals surface area contributed by atoms with Crippen LogP contribution in [0.4, 0.5) is 5.82 Å². The highest BCUT2D eigenvalue weighted by atomic mass is 31.2. The van der Waals surface area contributed by atoms with E-state index in [0.29, 0.717) is 0 Å². The first-order valence-electron chi connectivity index (χ1n) is 12.1. The highest BCUT2D eigenvalue weighted by Gasteiger charge is 2.59. The lowest BCUT2D eigenvalue weighted by atomic mass is 9.88. The van der Waals surface area contributed by atoms with E-state index in [1.54, 1.807) is 0 Å². The van der Waals surface area contributed by atoms with Crippen molar-refractivity contribution in [2.24, 2.45) is 0 Å². The van der Waals surface area contributed by atoms with Gasteiger partial charge in [-0.15, -0.1) is 0 Å². The number of amides is 1. The minimum absolute atomic E-state index is 0.146. The predicted molar refractivity (Wildman–Crippen MR) is 130 cm³/mol. The fourth-order valence-corrected chi connectivity index (χ4v) is 5.27. The molecule has 12 N–H and O–H groups in total. The summed E-state index contributed by atoms with van der Waals surface area (Å²) in [5, 5.41) is 81.6. The third-order valence-corrected chi connectivity index (χ3v) is 7.42. The monoisotopic (exact) mass is 630 g/mol. The molecule has 2 saturated heterocycles. The van der Waals surface area contributed by atoms with Gasteiger partial charge < -0.3 is 66.3 Å². The molecule has 3 unspecified atom stereocenters. The van der Waals surface area contributed by atoms with Crippen LogP contribution in [0, 0.1) is 0 Å². The maximum Gasteiger partial charge on any atom is 0.475 e. The van der Waals surface area contributed by atoms with E-state index in [1.165, 1.54) is 6.07 Å². The molecule has 42 heavy (non-hydrogen) atoms. The number of rotatable bonds is 12. The predicted octanol–water partition coefficient (Wildman–Crippen LogP) is -6.30. The summed E-state index contributed by atoms with van der Waals surface area (Å²) < 4.78 is 33.6. The smallest absolute Gasteiger partial charge is 0.475 e. The Balaban J connectivity index is 1.79. The summed E-state index contributed by atoms with van der Waals surface area (Å²) in [6.45, 7) is -3.25. The number of nitrogens with zero attached hydrogens (tertiary/aromatic N) is 2. The fourth-order valence-electron chi connectivity index (χ4n) is 4.31. The standard InChI is InChI=1S/C20H31N4O17P/c21-10-1-2-24(19(35)22-10)17-15(32)14(31)9(39-17)6-38-42(36,37)41-20(18(33)34)3-7(27)12(23-11(29)5-26)16(40-20)13(30)8(28)4-25/h1-2,7-9,12-17,25-28,30-32H,3-6H2,(H,23,29)(H,33,34)(H,36,37)(H2,21,22,35)/t7-,8+,9+,12+,13+,14+,15+,16?,17?,20+/m0/s1. The molecule has 2 aliphatic rings. The quantitative estimate of drug-likeness (QED) is 0.0956. The van der Waals surface area contributed by atoms with Crippen molar-refractivity contribution >= 4 is 25.5 Å². The number of carboxylic acids is 1. The van der Waals surface area contributed by atoms with Crippen LogP contribution in [0.5, 0.6) is 0 Å². The van der Waals surface area contributed by atoms with Gasteiger partial charge >= 0.3 is 19.5 Å². The summed E-state index contributed by atoms with van der Waals surface area (Å²) in [4.78, 5) is 49.7. The van der Waals surface area contributed by atoms with Gasteiger partial charge in [-0.1, -0.05) is 0 Å². The molecule has 21 nitrogen and oxygen atoms in total. The van der Waals surface area contributed by atoms with E-state index in [0.717, 1.165) is 10.8 Å². The summed E-state index contributed by atoms with van der Waals surface area (Å²) in [6, 6.07) is -0.528. The van der Waals surface area contributed by atoms with Gasteiger partial charge in [0.15, 0.2) is 6.23 Å². The molecule has 1 aromatic heterocycles. The summed E-state index contributed by atoms with van der Waals surface area (Å²) in [5.41, 5.74) is 4.45. The SMILES string of the molecule is Nc1ccn(C2O[C@H](COP(=O)(O)O[C@@]3(C(=O)O)C[C@H](O)[C@@H](NC(=O)CO)C([C@H](O)[C@H](O)CO)O3)[C@@H](O)[C@H]2O)c(=O)n1.